The van der Waals surface area contributed by atoms with E-state index in [2.05, 4.69) is 26.7 Å². The lowest BCUT2D eigenvalue weighted by Crippen LogP contribution is -2.56. The molecule has 5 unspecified atom stereocenters. The van der Waals surface area contributed by atoms with Crippen molar-refractivity contribution in [3.05, 3.63) is 72.8 Å². The van der Waals surface area contributed by atoms with Crippen molar-refractivity contribution in [1.29, 1.82) is 0 Å². The molecular formula is C46H56N10O8. The number of rotatable bonds is 12. The van der Waals surface area contributed by atoms with Crippen LogP contribution in [0.3, 0.4) is 0 Å². The number of alkyl carbamates (subject to hydrolysis) is 2. The molecule has 9 rings (SSSR count). The Labute approximate surface area is 370 Å². The molecule has 0 radical (unpaired) electrons. The van der Waals surface area contributed by atoms with Gasteiger partial charge in [0.1, 0.15) is 23.9 Å². The molecule has 4 aliphatic heterocycles. The zero-order valence-corrected chi connectivity index (χ0v) is 36.2. The maximum Gasteiger partial charge on any atom is 0.407 e. The summed E-state index contributed by atoms with van der Waals surface area (Å²) in [5.41, 5.74) is 5.91. The Balaban J connectivity index is 0.861. The second-order valence-electron chi connectivity index (χ2n) is 17.1. The number of carbonyl (C=O) groups is 3. The quantitative estimate of drug-likeness (QED) is 0.105. The molecule has 0 bridgehead atoms. The summed E-state index contributed by atoms with van der Waals surface area (Å²) in [6.45, 7) is 3.54. The van der Waals surface area contributed by atoms with Gasteiger partial charge in [0.2, 0.25) is 5.91 Å². The summed E-state index contributed by atoms with van der Waals surface area (Å²) in [6.07, 6.45) is 11.3. The van der Waals surface area contributed by atoms with Crippen molar-refractivity contribution in [2.75, 3.05) is 53.7 Å². The molecule has 18 heteroatoms. The summed E-state index contributed by atoms with van der Waals surface area (Å²) >= 11 is 0. The van der Waals surface area contributed by atoms with Gasteiger partial charge in [0, 0.05) is 74.0 Å². The Bertz CT molecular complexity index is 2410. The summed E-state index contributed by atoms with van der Waals surface area (Å²) in [5.74, 6) is 1.35. The smallest absolute Gasteiger partial charge is 0.407 e. The summed E-state index contributed by atoms with van der Waals surface area (Å²) in [5, 5.41) is 18.4. The number of amides is 3. The number of likely N-dealkylation sites (tertiary alicyclic amines) is 2. The van der Waals surface area contributed by atoms with Crippen LogP contribution in [0.4, 0.5) is 9.59 Å². The van der Waals surface area contributed by atoms with Crippen LogP contribution in [0.1, 0.15) is 75.1 Å². The van der Waals surface area contributed by atoms with Crippen LogP contribution in [-0.2, 0) is 23.7 Å². The van der Waals surface area contributed by atoms with Crippen molar-refractivity contribution >= 4 is 29.0 Å². The number of aliphatic hydroxyl groups excluding tert-OH is 1. The number of aromatic amines is 2. The molecule has 3 amide bonds. The number of aromatic nitrogens is 6. The van der Waals surface area contributed by atoms with Gasteiger partial charge < -0.3 is 49.6 Å². The lowest BCUT2D eigenvalue weighted by molar-refractivity contribution is -0.136. The van der Waals surface area contributed by atoms with Gasteiger partial charge in [0.05, 0.1) is 67.3 Å². The molecule has 0 saturated carbocycles. The van der Waals surface area contributed by atoms with E-state index in [0.717, 1.165) is 89.0 Å². The van der Waals surface area contributed by atoms with E-state index in [9.17, 15) is 19.5 Å². The van der Waals surface area contributed by atoms with Gasteiger partial charge >= 0.3 is 12.2 Å². The Kier molecular flexibility index (Phi) is 13.1. The first-order chi connectivity index (χ1) is 31.3. The van der Waals surface area contributed by atoms with E-state index >= 15 is 0 Å². The number of hydrogen-bond donors (Lipinski definition) is 5. The van der Waals surface area contributed by atoms with Crippen molar-refractivity contribution in [2.24, 2.45) is 11.8 Å². The molecule has 4 aromatic heterocycles. The fourth-order valence-electron chi connectivity index (χ4n) is 9.88. The first-order valence-corrected chi connectivity index (χ1v) is 22.3. The highest BCUT2D eigenvalue weighted by atomic mass is 16.5. The maximum absolute atomic E-state index is 14.0. The van der Waals surface area contributed by atoms with E-state index in [4.69, 9.17) is 38.9 Å². The molecule has 0 aliphatic carbocycles. The number of hydrogen-bond acceptors (Lipinski definition) is 13. The molecule has 18 nitrogen and oxygen atoms in total. The average Bonchev–Trinajstić information content (AvgIpc) is 4.20. The third-order valence-electron chi connectivity index (χ3n) is 13.4. The first-order valence-electron chi connectivity index (χ1n) is 22.3. The number of H-pyrrole nitrogens is 2. The number of methoxy groups -OCH3 is 2. The van der Waals surface area contributed by atoms with E-state index in [0.29, 0.717) is 58.2 Å². The fraction of sp³-hybridized carbons (Fsp3) is 0.500. The Hall–Kier alpha value is -5.95. The molecule has 5 aromatic rings. The second-order valence-corrected chi connectivity index (χ2v) is 17.1. The normalized spacial score (nSPS) is 21.4. The highest BCUT2D eigenvalue weighted by Gasteiger charge is 2.42. The molecule has 8 heterocycles. The third-order valence-corrected chi connectivity index (χ3v) is 13.4. The number of fused-ring (bicyclic) bond motifs is 1. The minimum absolute atomic E-state index is 0.0391. The zero-order valence-electron chi connectivity index (χ0n) is 36.2. The minimum atomic E-state index is -0.918. The highest BCUT2D eigenvalue weighted by Crippen LogP contribution is 2.37. The molecular weight excluding hydrogens is 821 g/mol. The zero-order chi connectivity index (χ0) is 44.2. The van der Waals surface area contributed by atoms with Gasteiger partial charge in [0.25, 0.3) is 0 Å². The first kappa shape index (κ1) is 43.3. The highest BCUT2D eigenvalue weighted by molar-refractivity contribution is 5.88. The van der Waals surface area contributed by atoms with E-state index < -0.39 is 30.5 Å². The molecule has 338 valence electrons. The van der Waals surface area contributed by atoms with Crippen molar-refractivity contribution in [3.8, 4) is 33.8 Å². The van der Waals surface area contributed by atoms with Gasteiger partial charge in [0.15, 0.2) is 0 Å². The molecule has 64 heavy (non-hydrogen) atoms. The number of pyridine rings is 2. The largest absolute Gasteiger partial charge is 0.453 e. The average molecular weight is 877 g/mol. The van der Waals surface area contributed by atoms with Crippen LogP contribution < -0.4 is 10.6 Å². The standard InChI is InChI=1S/C46H56N10O8/c1-61-45(59)53-39(27-11-17-63-18-12-27)43(57)55-15-3-5-37(55)41-49-25-35(51-41)31-9-10-33(47-23-31)30-8-7-29-21-32(24-48-34(29)22-30)36-26-50-42(52-36)38-6-4-16-56(38)44(58)40(54-46(60)62-2)28-13-19-64-20-14-28/h7-10,21-28,37-40,43,57H,3-6,11-20H2,1-2H3,(H,49,51)(H,50,52)(H,53,59)(H,54,60). The van der Waals surface area contributed by atoms with Gasteiger partial charge in [-0.1, -0.05) is 12.1 Å². The molecule has 4 fully saturated rings. The van der Waals surface area contributed by atoms with Crippen LogP contribution in [-0.4, -0.2) is 135 Å². The molecule has 4 aliphatic rings. The van der Waals surface area contributed by atoms with Crippen LogP contribution in [0.25, 0.3) is 44.7 Å². The Morgan fingerprint density at radius 3 is 2.03 bits per heavy atom. The molecule has 0 spiro atoms. The van der Waals surface area contributed by atoms with Gasteiger partial charge in [-0.2, -0.15) is 0 Å². The van der Waals surface area contributed by atoms with Crippen molar-refractivity contribution in [2.45, 2.75) is 81.8 Å². The maximum atomic E-state index is 14.0. The van der Waals surface area contributed by atoms with Crippen LogP contribution in [0, 0.1) is 11.8 Å². The fourth-order valence-corrected chi connectivity index (χ4v) is 9.88. The topological polar surface area (TPSA) is 222 Å². The lowest BCUT2D eigenvalue weighted by atomic mass is 9.90. The Morgan fingerprint density at radius 1 is 0.703 bits per heavy atom. The molecule has 1 aromatic carbocycles. The van der Waals surface area contributed by atoms with Crippen LogP contribution in [0.15, 0.2) is 61.2 Å². The van der Waals surface area contributed by atoms with E-state index in [-0.39, 0.29) is 29.8 Å². The minimum Gasteiger partial charge on any atom is -0.453 e. The summed E-state index contributed by atoms with van der Waals surface area (Å²) in [6, 6.07) is 10.6. The lowest BCUT2D eigenvalue weighted by Gasteiger charge is -2.39. The van der Waals surface area contributed by atoms with Crippen molar-refractivity contribution < 1.29 is 38.4 Å². The number of carbonyl (C=O) groups excluding carboxylic acids is 3. The van der Waals surface area contributed by atoms with Gasteiger partial charge in [-0.15, -0.1) is 0 Å². The number of aliphatic hydroxyl groups is 1. The monoisotopic (exact) mass is 876 g/mol. The summed E-state index contributed by atoms with van der Waals surface area (Å²) < 4.78 is 20.9. The predicted octanol–water partition coefficient (Wildman–Crippen LogP) is 5.50. The van der Waals surface area contributed by atoms with Crippen LogP contribution in [0.2, 0.25) is 0 Å². The van der Waals surface area contributed by atoms with Gasteiger partial charge in [-0.25, -0.2) is 19.6 Å². The predicted molar refractivity (Wildman–Crippen MR) is 234 cm³/mol. The number of imidazole rings is 2. The van der Waals surface area contributed by atoms with Crippen molar-refractivity contribution in [3.63, 3.8) is 0 Å². The van der Waals surface area contributed by atoms with Crippen molar-refractivity contribution in [1.82, 2.24) is 50.3 Å². The summed E-state index contributed by atoms with van der Waals surface area (Å²) in [4.78, 5) is 68.5. The number of ether oxygens (including phenoxy) is 4. The number of nitrogens with zero attached hydrogens (tertiary/aromatic N) is 6. The number of benzene rings is 1. The van der Waals surface area contributed by atoms with Crippen LogP contribution >= 0.6 is 0 Å². The molecule has 5 N–H and O–H groups in total. The second kappa shape index (κ2) is 19.4. The molecule has 5 atom stereocenters. The van der Waals surface area contributed by atoms with E-state index in [1.165, 1.54) is 14.2 Å². The Morgan fingerprint density at radius 2 is 1.33 bits per heavy atom. The van der Waals surface area contributed by atoms with E-state index in [1.54, 1.807) is 12.4 Å². The number of nitrogens with one attached hydrogen (secondary N) is 4. The van der Waals surface area contributed by atoms with Crippen LogP contribution in [0.5, 0.6) is 0 Å². The molecule has 4 saturated heterocycles. The SMILES string of the molecule is COC(=O)NC(C(=O)N1CCCC1c1ncc(-c2cnc3cc(-c4ccc(-c5cnc(C6CCCN6C(O)C(NC(=O)OC)C6CCOCC6)[nH]5)cn4)ccc3c2)[nH]1)C1CCOCC1. The third kappa shape index (κ3) is 9.18. The van der Waals surface area contributed by atoms with Gasteiger partial charge in [-0.3, -0.25) is 19.7 Å². The summed E-state index contributed by atoms with van der Waals surface area (Å²) in [7, 11) is 2.64. The van der Waals surface area contributed by atoms with Gasteiger partial charge in [-0.05, 0) is 87.5 Å². The van der Waals surface area contributed by atoms with E-state index in [1.807, 2.05) is 52.5 Å².